The number of alkyl halides is 3. The fourth-order valence-electron chi connectivity index (χ4n) is 1.87. The number of likely N-dealkylation sites (N-methyl/N-ethyl adjacent to an activating group) is 1. The van der Waals surface area contributed by atoms with E-state index in [1.54, 1.807) is 4.90 Å². The Bertz CT molecular complexity index is 530. The minimum Gasteiger partial charge on any atom is -0.468 e. The number of carbonyl (C=O) groups excluding carboxylic acids is 1. The van der Waals surface area contributed by atoms with Crippen LogP contribution in [0.4, 0.5) is 23.7 Å². The largest absolute Gasteiger partial charge is 0.468 e. The Morgan fingerprint density at radius 1 is 1.50 bits per heavy atom. The number of rotatable bonds is 4. The van der Waals surface area contributed by atoms with Crippen LogP contribution in [0.5, 0.6) is 5.88 Å². The van der Waals surface area contributed by atoms with Crippen LogP contribution in [0.25, 0.3) is 0 Å². The van der Waals surface area contributed by atoms with Gasteiger partial charge < -0.3 is 19.9 Å². The number of urea groups is 1. The van der Waals surface area contributed by atoms with Gasteiger partial charge in [-0.2, -0.15) is 13.2 Å². The van der Waals surface area contributed by atoms with E-state index in [9.17, 15) is 18.0 Å². The van der Waals surface area contributed by atoms with E-state index in [1.165, 1.54) is 18.3 Å². The smallest absolute Gasteiger partial charge is 0.422 e. The van der Waals surface area contributed by atoms with Gasteiger partial charge in [-0.25, -0.2) is 9.78 Å². The molecule has 22 heavy (non-hydrogen) atoms. The summed E-state index contributed by atoms with van der Waals surface area (Å²) in [5.41, 5.74) is 0.338. The Hall–Kier alpha value is -2.03. The highest BCUT2D eigenvalue weighted by Crippen LogP contribution is 2.20. The molecule has 0 unspecified atom stereocenters. The lowest BCUT2D eigenvalue weighted by Crippen LogP contribution is -2.60. The van der Waals surface area contributed by atoms with E-state index < -0.39 is 12.8 Å². The summed E-state index contributed by atoms with van der Waals surface area (Å²) < 4.78 is 40.8. The van der Waals surface area contributed by atoms with Crippen molar-refractivity contribution >= 4 is 11.7 Å². The highest BCUT2D eigenvalue weighted by molar-refractivity contribution is 5.90. The third-order valence-corrected chi connectivity index (χ3v) is 3.25. The Morgan fingerprint density at radius 2 is 2.18 bits per heavy atom. The van der Waals surface area contributed by atoms with Crippen LogP contribution in [0.15, 0.2) is 18.3 Å². The second-order valence-corrected chi connectivity index (χ2v) is 5.24. The predicted octanol–water partition coefficient (Wildman–Crippen LogP) is 1.80. The topological polar surface area (TPSA) is 57.7 Å². The maximum absolute atomic E-state index is 12.1. The van der Waals surface area contributed by atoms with Crippen molar-refractivity contribution < 1.29 is 22.7 Å². The first-order valence-electron chi connectivity index (χ1n) is 6.62. The molecule has 0 saturated carbocycles. The van der Waals surface area contributed by atoms with Crippen LogP contribution in [-0.2, 0) is 0 Å². The molecule has 2 heterocycles. The SMILES string of the molecule is CN(C)C1CN(C(=O)Nc2ccnc(OCC(F)(F)F)c2)C1. The fourth-order valence-corrected chi connectivity index (χ4v) is 1.87. The Balaban J connectivity index is 1.87. The van der Waals surface area contributed by atoms with Gasteiger partial charge in [0.15, 0.2) is 6.61 Å². The molecule has 1 aliphatic heterocycles. The molecule has 1 aliphatic rings. The zero-order valence-electron chi connectivity index (χ0n) is 12.2. The van der Waals surface area contributed by atoms with E-state index in [4.69, 9.17) is 0 Å². The first kappa shape index (κ1) is 16.3. The molecular weight excluding hydrogens is 301 g/mol. The van der Waals surface area contributed by atoms with Crippen LogP contribution in [0, 0.1) is 0 Å². The molecular formula is C13H17F3N4O2. The van der Waals surface area contributed by atoms with Crippen molar-refractivity contribution in [3.63, 3.8) is 0 Å². The summed E-state index contributed by atoms with van der Waals surface area (Å²) in [5.74, 6) is -0.190. The van der Waals surface area contributed by atoms with Gasteiger partial charge >= 0.3 is 12.2 Å². The van der Waals surface area contributed by atoms with Crippen molar-refractivity contribution in [3.8, 4) is 5.88 Å². The molecule has 1 fully saturated rings. The van der Waals surface area contributed by atoms with Gasteiger partial charge in [-0.15, -0.1) is 0 Å². The summed E-state index contributed by atoms with van der Waals surface area (Å²) in [4.78, 5) is 19.3. The van der Waals surface area contributed by atoms with Gasteiger partial charge in [0.25, 0.3) is 0 Å². The van der Waals surface area contributed by atoms with Crippen molar-refractivity contribution in [2.45, 2.75) is 12.2 Å². The molecule has 9 heteroatoms. The molecule has 0 spiro atoms. The average Bonchev–Trinajstić information content (AvgIpc) is 2.33. The van der Waals surface area contributed by atoms with Crippen molar-refractivity contribution in [2.75, 3.05) is 39.1 Å². The number of halogens is 3. The first-order valence-corrected chi connectivity index (χ1v) is 6.62. The van der Waals surface area contributed by atoms with Gasteiger partial charge in [-0.1, -0.05) is 0 Å². The van der Waals surface area contributed by atoms with Crippen LogP contribution in [0.3, 0.4) is 0 Å². The molecule has 6 nitrogen and oxygen atoms in total. The zero-order valence-corrected chi connectivity index (χ0v) is 12.2. The Morgan fingerprint density at radius 3 is 2.77 bits per heavy atom. The molecule has 0 aromatic carbocycles. The third-order valence-electron chi connectivity index (χ3n) is 3.25. The molecule has 122 valence electrons. The van der Waals surface area contributed by atoms with Gasteiger partial charge in [0, 0.05) is 37.1 Å². The lowest BCUT2D eigenvalue weighted by Gasteiger charge is -2.42. The Labute approximate surface area is 125 Å². The lowest BCUT2D eigenvalue weighted by molar-refractivity contribution is -0.154. The van der Waals surface area contributed by atoms with Gasteiger partial charge in [0.05, 0.1) is 0 Å². The number of aromatic nitrogens is 1. The molecule has 2 rings (SSSR count). The summed E-state index contributed by atoms with van der Waals surface area (Å²) >= 11 is 0. The molecule has 0 aliphatic carbocycles. The lowest BCUT2D eigenvalue weighted by atomic mass is 10.1. The standard InChI is InChI=1S/C13H17F3N4O2/c1-19(2)10-6-20(7-10)12(21)18-9-3-4-17-11(5-9)22-8-13(14,15)16/h3-5,10H,6-8H2,1-2H3,(H,17,18,21). The molecule has 1 aromatic heterocycles. The number of carbonyl (C=O) groups is 1. The van der Waals surface area contributed by atoms with Crippen LogP contribution in [0.2, 0.25) is 0 Å². The number of pyridine rings is 1. The normalized spacial score (nSPS) is 15.6. The molecule has 1 N–H and O–H groups in total. The summed E-state index contributed by atoms with van der Waals surface area (Å²) in [6.07, 6.45) is -3.15. The van der Waals surface area contributed by atoms with E-state index in [2.05, 4.69) is 15.0 Å². The molecule has 1 aromatic rings. The second-order valence-electron chi connectivity index (χ2n) is 5.24. The maximum atomic E-state index is 12.1. The highest BCUT2D eigenvalue weighted by atomic mass is 19.4. The fraction of sp³-hybridized carbons (Fsp3) is 0.538. The monoisotopic (exact) mass is 318 g/mol. The predicted molar refractivity (Wildman–Crippen MR) is 73.9 cm³/mol. The number of ether oxygens (including phenoxy) is 1. The Kier molecular flexibility index (Phi) is 4.74. The third kappa shape index (κ3) is 4.48. The molecule has 2 amide bonds. The van der Waals surface area contributed by atoms with Gasteiger partial charge in [-0.3, -0.25) is 0 Å². The first-order chi connectivity index (χ1) is 10.2. The number of hydrogen-bond donors (Lipinski definition) is 1. The minimum atomic E-state index is -4.43. The number of amides is 2. The summed E-state index contributed by atoms with van der Waals surface area (Å²) in [6, 6.07) is 2.77. The number of likely N-dealkylation sites (tertiary alicyclic amines) is 1. The van der Waals surface area contributed by atoms with Crippen molar-refractivity contribution in [1.82, 2.24) is 14.8 Å². The van der Waals surface area contributed by atoms with Crippen LogP contribution in [-0.4, -0.2) is 66.8 Å². The maximum Gasteiger partial charge on any atom is 0.422 e. The molecule has 0 atom stereocenters. The van der Waals surface area contributed by atoms with Crippen LogP contribution in [0.1, 0.15) is 0 Å². The average molecular weight is 318 g/mol. The second kappa shape index (κ2) is 6.39. The van der Waals surface area contributed by atoms with E-state index in [1.807, 2.05) is 19.0 Å². The van der Waals surface area contributed by atoms with Crippen LogP contribution < -0.4 is 10.1 Å². The quantitative estimate of drug-likeness (QED) is 0.920. The minimum absolute atomic E-state index is 0.190. The summed E-state index contributed by atoms with van der Waals surface area (Å²) in [5, 5.41) is 2.61. The van der Waals surface area contributed by atoms with Crippen molar-refractivity contribution in [3.05, 3.63) is 18.3 Å². The molecule has 1 saturated heterocycles. The van der Waals surface area contributed by atoms with Crippen molar-refractivity contribution in [1.29, 1.82) is 0 Å². The van der Waals surface area contributed by atoms with E-state index >= 15 is 0 Å². The van der Waals surface area contributed by atoms with Crippen LogP contribution >= 0.6 is 0 Å². The van der Waals surface area contributed by atoms with E-state index in [0.717, 1.165) is 0 Å². The van der Waals surface area contributed by atoms with Gasteiger partial charge in [-0.05, 0) is 20.2 Å². The van der Waals surface area contributed by atoms with Crippen molar-refractivity contribution in [2.24, 2.45) is 0 Å². The van der Waals surface area contributed by atoms with Gasteiger partial charge in [0.2, 0.25) is 5.88 Å². The summed E-state index contributed by atoms with van der Waals surface area (Å²) in [7, 11) is 3.88. The van der Waals surface area contributed by atoms with E-state index in [-0.39, 0.29) is 11.9 Å². The number of anilines is 1. The molecule has 0 bridgehead atoms. The number of nitrogens with zero attached hydrogens (tertiary/aromatic N) is 3. The summed E-state index contributed by atoms with van der Waals surface area (Å²) in [6.45, 7) is -0.198. The van der Waals surface area contributed by atoms with Gasteiger partial charge in [0.1, 0.15) is 0 Å². The number of nitrogens with one attached hydrogen (secondary N) is 1. The number of hydrogen-bond acceptors (Lipinski definition) is 4. The highest BCUT2D eigenvalue weighted by Gasteiger charge is 2.32. The van der Waals surface area contributed by atoms with E-state index in [0.29, 0.717) is 24.8 Å². The zero-order chi connectivity index (χ0) is 16.3. The molecule has 0 radical (unpaired) electrons.